The van der Waals surface area contributed by atoms with Gasteiger partial charge in [-0.2, -0.15) is 0 Å². The first-order valence-corrected chi connectivity index (χ1v) is 9.72. The molecule has 1 amide bonds. The molecule has 0 bridgehead atoms. The standard InChI is InChI=1S/C23H29NO3/c1-17(2)27-21-10-6-18(7-11-21)22(25)24-16-23(14-4-5-15-23)19-8-12-20(26-3)13-9-19/h6-13,17H,4-5,14-16H2,1-3H3,(H,24,25). The highest BCUT2D eigenvalue weighted by atomic mass is 16.5. The van der Waals surface area contributed by atoms with Crippen LogP contribution in [0.15, 0.2) is 48.5 Å². The minimum atomic E-state index is -0.0362. The number of methoxy groups -OCH3 is 1. The lowest BCUT2D eigenvalue weighted by molar-refractivity contribution is 0.0943. The van der Waals surface area contributed by atoms with Gasteiger partial charge in [-0.3, -0.25) is 4.79 Å². The quantitative estimate of drug-likeness (QED) is 0.770. The SMILES string of the molecule is COc1ccc(C2(CNC(=O)c3ccc(OC(C)C)cc3)CCCC2)cc1. The van der Waals surface area contributed by atoms with Gasteiger partial charge in [0, 0.05) is 17.5 Å². The van der Waals surface area contributed by atoms with Crippen molar-refractivity contribution < 1.29 is 14.3 Å². The molecule has 0 spiro atoms. The first-order valence-electron chi connectivity index (χ1n) is 9.72. The summed E-state index contributed by atoms with van der Waals surface area (Å²) in [5.41, 5.74) is 1.96. The van der Waals surface area contributed by atoms with E-state index < -0.39 is 0 Å². The van der Waals surface area contributed by atoms with Gasteiger partial charge in [0.25, 0.3) is 5.91 Å². The molecule has 1 fully saturated rings. The summed E-state index contributed by atoms with van der Waals surface area (Å²) in [5.74, 6) is 1.61. The van der Waals surface area contributed by atoms with E-state index in [0.29, 0.717) is 12.1 Å². The highest BCUT2D eigenvalue weighted by Gasteiger charge is 2.36. The van der Waals surface area contributed by atoms with Gasteiger partial charge in [-0.05, 0) is 68.7 Å². The van der Waals surface area contributed by atoms with Crippen LogP contribution in [0.25, 0.3) is 0 Å². The van der Waals surface area contributed by atoms with Crippen LogP contribution in [0.3, 0.4) is 0 Å². The van der Waals surface area contributed by atoms with Crippen molar-refractivity contribution in [3.05, 3.63) is 59.7 Å². The van der Waals surface area contributed by atoms with Crippen LogP contribution in [0.5, 0.6) is 11.5 Å². The van der Waals surface area contributed by atoms with Gasteiger partial charge < -0.3 is 14.8 Å². The summed E-state index contributed by atoms with van der Waals surface area (Å²) in [6.07, 6.45) is 4.71. The Labute approximate surface area is 161 Å². The maximum atomic E-state index is 12.6. The van der Waals surface area contributed by atoms with Crippen molar-refractivity contribution >= 4 is 5.91 Å². The Kier molecular flexibility index (Phi) is 6.04. The van der Waals surface area contributed by atoms with Crippen molar-refractivity contribution in [3.8, 4) is 11.5 Å². The molecule has 0 aliphatic heterocycles. The van der Waals surface area contributed by atoms with Gasteiger partial charge in [0.15, 0.2) is 0 Å². The topological polar surface area (TPSA) is 47.6 Å². The van der Waals surface area contributed by atoms with E-state index >= 15 is 0 Å². The number of hydrogen-bond donors (Lipinski definition) is 1. The lowest BCUT2D eigenvalue weighted by Crippen LogP contribution is -2.39. The van der Waals surface area contributed by atoms with Crippen molar-refractivity contribution in [2.24, 2.45) is 0 Å². The molecule has 27 heavy (non-hydrogen) atoms. The number of nitrogens with one attached hydrogen (secondary N) is 1. The van der Waals surface area contributed by atoms with Crippen molar-refractivity contribution in [1.29, 1.82) is 0 Å². The molecule has 0 radical (unpaired) electrons. The molecule has 2 aromatic carbocycles. The number of ether oxygens (including phenoxy) is 2. The second-order valence-corrected chi connectivity index (χ2v) is 7.59. The molecule has 1 N–H and O–H groups in total. The van der Waals surface area contributed by atoms with Crippen LogP contribution in [0.2, 0.25) is 0 Å². The molecule has 3 rings (SSSR count). The van der Waals surface area contributed by atoms with Gasteiger partial charge in [-0.25, -0.2) is 0 Å². The van der Waals surface area contributed by atoms with E-state index in [1.807, 2.05) is 50.2 Å². The van der Waals surface area contributed by atoms with Crippen LogP contribution in [0.1, 0.15) is 55.5 Å². The van der Waals surface area contributed by atoms with E-state index in [0.717, 1.165) is 24.3 Å². The van der Waals surface area contributed by atoms with Crippen molar-refractivity contribution in [1.82, 2.24) is 5.32 Å². The summed E-state index contributed by atoms with van der Waals surface area (Å²) >= 11 is 0. The summed E-state index contributed by atoms with van der Waals surface area (Å²) in [6.45, 7) is 4.63. The summed E-state index contributed by atoms with van der Waals surface area (Å²) in [7, 11) is 1.68. The molecule has 4 heteroatoms. The smallest absolute Gasteiger partial charge is 0.251 e. The second kappa shape index (κ2) is 8.47. The van der Waals surface area contributed by atoms with E-state index in [9.17, 15) is 4.79 Å². The minimum absolute atomic E-state index is 0.0165. The van der Waals surface area contributed by atoms with E-state index in [1.54, 1.807) is 7.11 Å². The molecule has 2 aromatic rings. The third-order valence-electron chi connectivity index (χ3n) is 5.34. The minimum Gasteiger partial charge on any atom is -0.497 e. The van der Waals surface area contributed by atoms with Gasteiger partial charge >= 0.3 is 0 Å². The largest absolute Gasteiger partial charge is 0.497 e. The Bertz CT molecular complexity index is 744. The van der Waals surface area contributed by atoms with Gasteiger partial charge in [-0.15, -0.1) is 0 Å². The maximum absolute atomic E-state index is 12.6. The van der Waals surface area contributed by atoms with Crippen molar-refractivity contribution in [3.63, 3.8) is 0 Å². The molecule has 1 aliphatic rings. The molecule has 0 atom stereocenters. The third-order valence-corrected chi connectivity index (χ3v) is 5.34. The Morgan fingerprint density at radius 2 is 1.59 bits per heavy atom. The van der Waals surface area contributed by atoms with Gasteiger partial charge in [0.1, 0.15) is 11.5 Å². The fraction of sp³-hybridized carbons (Fsp3) is 0.435. The molecule has 0 heterocycles. The number of carbonyl (C=O) groups excluding carboxylic acids is 1. The molecule has 1 saturated carbocycles. The zero-order chi connectivity index (χ0) is 19.3. The van der Waals surface area contributed by atoms with Crippen LogP contribution in [0, 0.1) is 0 Å². The van der Waals surface area contributed by atoms with E-state index in [4.69, 9.17) is 9.47 Å². The number of rotatable bonds is 7. The number of benzene rings is 2. The molecular weight excluding hydrogens is 338 g/mol. The monoisotopic (exact) mass is 367 g/mol. The summed E-state index contributed by atoms with van der Waals surface area (Å²) in [6, 6.07) is 15.6. The Morgan fingerprint density at radius 3 is 2.15 bits per heavy atom. The van der Waals surface area contributed by atoms with Crippen LogP contribution >= 0.6 is 0 Å². The van der Waals surface area contributed by atoms with Crippen LogP contribution in [-0.4, -0.2) is 25.7 Å². The number of hydrogen-bond acceptors (Lipinski definition) is 3. The fourth-order valence-corrected chi connectivity index (χ4v) is 3.87. The van der Waals surface area contributed by atoms with Crippen LogP contribution < -0.4 is 14.8 Å². The normalized spacial score (nSPS) is 15.6. The van der Waals surface area contributed by atoms with E-state index in [-0.39, 0.29) is 17.4 Å². The van der Waals surface area contributed by atoms with E-state index in [2.05, 4.69) is 17.4 Å². The summed E-state index contributed by atoms with van der Waals surface area (Å²) in [5, 5.41) is 3.16. The molecule has 4 nitrogen and oxygen atoms in total. The zero-order valence-corrected chi connectivity index (χ0v) is 16.5. The Hall–Kier alpha value is -2.49. The van der Waals surface area contributed by atoms with Crippen LogP contribution in [0.4, 0.5) is 0 Å². The molecule has 1 aliphatic carbocycles. The lowest BCUT2D eigenvalue weighted by atomic mass is 9.78. The van der Waals surface area contributed by atoms with Gasteiger partial charge in [0.05, 0.1) is 13.2 Å². The predicted molar refractivity (Wildman–Crippen MR) is 108 cm³/mol. The van der Waals surface area contributed by atoms with Gasteiger partial charge in [0.2, 0.25) is 0 Å². The zero-order valence-electron chi connectivity index (χ0n) is 16.5. The molecule has 0 saturated heterocycles. The maximum Gasteiger partial charge on any atom is 0.251 e. The Balaban J connectivity index is 1.67. The van der Waals surface area contributed by atoms with Crippen molar-refractivity contribution in [2.75, 3.05) is 13.7 Å². The first-order chi connectivity index (χ1) is 13.0. The molecule has 144 valence electrons. The first kappa shape index (κ1) is 19.3. The second-order valence-electron chi connectivity index (χ2n) is 7.59. The highest BCUT2D eigenvalue weighted by Crippen LogP contribution is 2.41. The fourth-order valence-electron chi connectivity index (χ4n) is 3.87. The Morgan fingerprint density at radius 1 is 1.00 bits per heavy atom. The molecular formula is C23H29NO3. The number of carbonyl (C=O) groups is 1. The molecule has 0 unspecified atom stereocenters. The third kappa shape index (κ3) is 4.62. The summed E-state index contributed by atoms with van der Waals surface area (Å²) in [4.78, 5) is 12.6. The van der Waals surface area contributed by atoms with Crippen LogP contribution in [-0.2, 0) is 5.41 Å². The average Bonchev–Trinajstić information content (AvgIpc) is 3.16. The molecule has 0 aromatic heterocycles. The highest BCUT2D eigenvalue weighted by molar-refractivity contribution is 5.94. The average molecular weight is 367 g/mol. The van der Waals surface area contributed by atoms with E-state index in [1.165, 1.54) is 18.4 Å². The number of amides is 1. The lowest BCUT2D eigenvalue weighted by Gasteiger charge is -2.30. The predicted octanol–water partition coefficient (Wildman–Crippen LogP) is 4.72. The summed E-state index contributed by atoms with van der Waals surface area (Å²) < 4.78 is 10.9. The van der Waals surface area contributed by atoms with Gasteiger partial charge in [-0.1, -0.05) is 25.0 Å². The van der Waals surface area contributed by atoms with Crippen molar-refractivity contribution in [2.45, 2.75) is 51.0 Å².